The van der Waals surface area contributed by atoms with E-state index in [1.807, 2.05) is 19.1 Å². The quantitative estimate of drug-likeness (QED) is 0.418. The molecule has 1 unspecified atom stereocenters. The van der Waals surface area contributed by atoms with Crippen molar-refractivity contribution in [2.45, 2.75) is 52.6 Å². The number of anilines is 1. The van der Waals surface area contributed by atoms with Crippen LogP contribution in [0, 0.1) is 6.92 Å². The van der Waals surface area contributed by atoms with Crippen LogP contribution < -0.4 is 9.62 Å². The zero-order chi connectivity index (χ0) is 26.2. The maximum absolute atomic E-state index is 13.3. The highest BCUT2D eigenvalue weighted by Crippen LogP contribution is 2.27. The van der Waals surface area contributed by atoms with Gasteiger partial charge in [-0.1, -0.05) is 54.4 Å². The van der Waals surface area contributed by atoms with E-state index in [9.17, 15) is 18.0 Å². The number of amides is 2. The summed E-state index contributed by atoms with van der Waals surface area (Å²) in [7, 11) is -3.60. The summed E-state index contributed by atoms with van der Waals surface area (Å²) in [6.07, 6.45) is 2.22. The fraction of sp³-hybridized carbons (Fsp3) is 0.440. The maximum Gasteiger partial charge on any atom is 0.242 e. The van der Waals surface area contributed by atoms with Gasteiger partial charge < -0.3 is 10.2 Å². The second kappa shape index (κ2) is 13.1. The molecule has 2 rings (SSSR count). The van der Waals surface area contributed by atoms with Gasteiger partial charge >= 0.3 is 0 Å². The first-order valence-electron chi connectivity index (χ1n) is 11.5. The lowest BCUT2D eigenvalue weighted by Crippen LogP contribution is -2.48. The molecule has 0 aliphatic heterocycles. The van der Waals surface area contributed by atoms with Gasteiger partial charge in [0.05, 0.1) is 11.9 Å². The third-order valence-electron chi connectivity index (χ3n) is 5.61. The van der Waals surface area contributed by atoms with Crippen molar-refractivity contribution in [1.29, 1.82) is 0 Å². The van der Waals surface area contributed by atoms with Gasteiger partial charge in [-0.3, -0.25) is 13.9 Å². The Morgan fingerprint density at radius 3 is 2.43 bits per heavy atom. The van der Waals surface area contributed by atoms with Crippen molar-refractivity contribution >= 4 is 50.7 Å². The van der Waals surface area contributed by atoms with E-state index in [1.54, 1.807) is 44.2 Å². The van der Waals surface area contributed by atoms with Gasteiger partial charge in [0, 0.05) is 36.1 Å². The number of halogens is 2. The van der Waals surface area contributed by atoms with Crippen LogP contribution in [0.2, 0.25) is 10.0 Å². The minimum absolute atomic E-state index is 0.0570. The van der Waals surface area contributed by atoms with Crippen molar-refractivity contribution < 1.29 is 18.0 Å². The van der Waals surface area contributed by atoms with Crippen LogP contribution in [0.3, 0.4) is 0 Å². The molecule has 0 spiro atoms. The van der Waals surface area contributed by atoms with E-state index >= 15 is 0 Å². The van der Waals surface area contributed by atoms with E-state index in [2.05, 4.69) is 5.32 Å². The average molecular weight is 543 g/mol. The molecule has 2 aromatic carbocycles. The van der Waals surface area contributed by atoms with E-state index in [-0.39, 0.29) is 37.7 Å². The number of nitrogens with zero attached hydrogens (tertiary/aromatic N) is 2. The summed E-state index contributed by atoms with van der Waals surface area (Å²) < 4.78 is 26.3. The molecule has 1 N–H and O–H groups in total. The molecule has 2 amide bonds. The normalized spacial score (nSPS) is 12.2. The predicted molar refractivity (Wildman–Crippen MR) is 142 cm³/mol. The molecule has 192 valence electrons. The van der Waals surface area contributed by atoms with Gasteiger partial charge in [-0.2, -0.15) is 0 Å². The van der Waals surface area contributed by atoms with Gasteiger partial charge in [0.1, 0.15) is 6.04 Å². The zero-order valence-electron chi connectivity index (χ0n) is 20.6. The fourth-order valence-electron chi connectivity index (χ4n) is 3.62. The van der Waals surface area contributed by atoms with Crippen LogP contribution in [-0.4, -0.2) is 50.5 Å². The Morgan fingerprint density at radius 1 is 1.11 bits per heavy atom. The van der Waals surface area contributed by atoms with Crippen molar-refractivity contribution in [1.82, 2.24) is 10.2 Å². The maximum atomic E-state index is 13.3. The van der Waals surface area contributed by atoms with Crippen LogP contribution in [0.1, 0.15) is 44.2 Å². The number of aryl methyl sites for hydroxylation is 1. The molecule has 10 heteroatoms. The van der Waals surface area contributed by atoms with Crippen LogP contribution in [-0.2, 0) is 26.2 Å². The van der Waals surface area contributed by atoms with Gasteiger partial charge in [-0.05, 0) is 56.0 Å². The van der Waals surface area contributed by atoms with Gasteiger partial charge in [0.2, 0.25) is 21.8 Å². The van der Waals surface area contributed by atoms with Gasteiger partial charge in [-0.15, -0.1) is 0 Å². The predicted octanol–water partition coefficient (Wildman–Crippen LogP) is 4.79. The summed E-state index contributed by atoms with van der Waals surface area (Å²) in [5, 5.41) is 3.76. The second-order valence-corrected chi connectivity index (χ2v) is 11.2. The summed E-state index contributed by atoms with van der Waals surface area (Å²) in [6, 6.07) is 11.5. The first-order valence-corrected chi connectivity index (χ1v) is 14.1. The molecule has 0 aliphatic carbocycles. The summed E-state index contributed by atoms with van der Waals surface area (Å²) in [5.41, 5.74) is 1.96. The average Bonchev–Trinajstić information content (AvgIpc) is 2.80. The topological polar surface area (TPSA) is 86.8 Å². The van der Waals surface area contributed by atoms with Crippen molar-refractivity contribution in [3.63, 3.8) is 0 Å². The molecule has 0 aliphatic rings. The molecule has 7 nitrogen and oxygen atoms in total. The molecule has 0 saturated heterocycles. The van der Waals surface area contributed by atoms with Crippen LogP contribution in [0.5, 0.6) is 0 Å². The van der Waals surface area contributed by atoms with Crippen LogP contribution in [0.4, 0.5) is 5.69 Å². The molecule has 0 saturated carbocycles. The lowest BCUT2D eigenvalue weighted by atomic mass is 10.1. The molecule has 0 radical (unpaired) electrons. The smallest absolute Gasteiger partial charge is 0.242 e. The Bertz CT molecular complexity index is 1140. The highest BCUT2D eigenvalue weighted by atomic mass is 35.5. The highest BCUT2D eigenvalue weighted by Gasteiger charge is 2.27. The van der Waals surface area contributed by atoms with Crippen LogP contribution in [0.25, 0.3) is 0 Å². The fourth-order valence-corrected chi connectivity index (χ4v) is 5.00. The molecule has 0 heterocycles. The Kier molecular flexibility index (Phi) is 10.9. The number of benzene rings is 2. The number of carbonyl (C=O) groups is 2. The van der Waals surface area contributed by atoms with Crippen molar-refractivity contribution in [3.8, 4) is 0 Å². The highest BCUT2D eigenvalue weighted by molar-refractivity contribution is 7.92. The van der Waals surface area contributed by atoms with Crippen molar-refractivity contribution in [2.24, 2.45) is 0 Å². The SMILES string of the molecule is CCCNC(=O)C(C)N(Cc1ccccc1Cl)C(=O)CCCN(c1cc(Cl)ccc1C)S(C)(=O)=O. The number of sulfonamides is 1. The zero-order valence-corrected chi connectivity index (χ0v) is 22.9. The molecule has 0 bridgehead atoms. The minimum atomic E-state index is -3.60. The lowest BCUT2D eigenvalue weighted by molar-refractivity contribution is -0.140. The molecule has 0 fully saturated rings. The van der Waals surface area contributed by atoms with E-state index in [0.717, 1.165) is 23.8 Å². The number of hydrogen-bond acceptors (Lipinski definition) is 4. The lowest BCUT2D eigenvalue weighted by Gasteiger charge is -2.30. The van der Waals surface area contributed by atoms with Crippen LogP contribution >= 0.6 is 23.2 Å². The monoisotopic (exact) mass is 541 g/mol. The number of nitrogens with one attached hydrogen (secondary N) is 1. The summed E-state index contributed by atoms with van der Waals surface area (Å²) in [6.45, 7) is 6.21. The van der Waals surface area contributed by atoms with E-state index in [1.165, 1.54) is 9.21 Å². The summed E-state index contributed by atoms with van der Waals surface area (Å²) in [4.78, 5) is 27.4. The largest absolute Gasteiger partial charge is 0.354 e. The second-order valence-electron chi connectivity index (χ2n) is 8.45. The first kappa shape index (κ1) is 28.9. The number of carbonyl (C=O) groups excluding carboxylic acids is 2. The molecular formula is C25H33Cl2N3O4S. The van der Waals surface area contributed by atoms with E-state index in [0.29, 0.717) is 22.3 Å². The Hall–Kier alpha value is -2.29. The number of rotatable bonds is 12. The Balaban J connectivity index is 2.20. The molecular weight excluding hydrogens is 509 g/mol. The molecule has 0 aromatic heterocycles. The molecule has 1 atom stereocenters. The Morgan fingerprint density at radius 2 is 1.80 bits per heavy atom. The molecule has 35 heavy (non-hydrogen) atoms. The molecule has 2 aromatic rings. The summed E-state index contributed by atoms with van der Waals surface area (Å²) in [5.74, 6) is -0.514. The van der Waals surface area contributed by atoms with Crippen LogP contribution in [0.15, 0.2) is 42.5 Å². The minimum Gasteiger partial charge on any atom is -0.354 e. The number of hydrogen-bond donors (Lipinski definition) is 1. The van der Waals surface area contributed by atoms with Crippen molar-refractivity contribution in [3.05, 3.63) is 63.6 Å². The third kappa shape index (κ3) is 8.40. The first-order chi connectivity index (χ1) is 16.5. The van der Waals surface area contributed by atoms with Gasteiger partial charge in [0.15, 0.2) is 0 Å². The summed E-state index contributed by atoms with van der Waals surface area (Å²) >= 11 is 12.4. The third-order valence-corrected chi connectivity index (χ3v) is 7.39. The van der Waals surface area contributed by atoms with Gasteiger partial charge in [0.25, 0.3) is 0 Å². The van der Waals surface area contributed by atoms with Crippen molar-refractivity contribution in [2.75, 3.05) is 23.7 Å². The van der Waals surface area contributed by atoms with E-state index < -0.39 is 16.1 Å². The van der Waals surface area contributed by atoms with E-state index in [4.69, 9.17) is 23.2 Å². The van der Waals surface area contributed by atoms with Gasteiger partial charge in [-0.25, -0.2) is 8.42 Å². The standard InChI is InChI=1S/C25H33Cl2N3O4S/c1-5-14-28-25(32)19(3)29(17-20-9-6-7-10-22(20)27)24(31)11-8-15-30(35(4,33)34)23-16-21(26)13-12-18(23)2/h6-7,9-10,12-13,16,19H,5,8,11,14-15,17H2,1-4H3,(H,28,32). The Labute approximate surface area is 218 Å².